The maximum atomic E-state index is 12.6. The van der Waals surface area contributed by atoms with Crippen molar-refractivity contribution in [3.05, 3.63) is 53.7 Å². The lowest BCUT2D eigenvalue weighted by Gasteiger charge is -2.36. The molecule has 0 spiro atoms. The van der Waals surface area contributed by atoms with E-state index in [9.17, 15) is 9.59 Å². The Labute approximate surface area is 190 Å². The number of ether oxygens (including phenoxy) is 1. The maximum absolute atomic E-state index is 12.6. The van der Waals surface area contributed by atoms with E-state index in [1.54, 1.807) is 25.3 Å². The van der Waals surface area contributed by atoms with Gasteiger partial charge in [-0.3, -0.25) is 9.59 Å². The first kappa shape index (κ1) is 23.7. The summed E-state index contributed by atoms with van der Waals surface area (Å²) in [5.74, 6) is 0.273. The summed E-state index contributed by atoms with van der Waals surface area (Å²) in [4.78, 5) is 31.8. The van der Waals surface area contributed by atoms with Crippen LogP contribution in [0.4, 0.5) is 11.5 Å². The van der Waals surface area contributed by atoms with Gasteiger partial charge in [-0.1, -0.05) is 32.9 Å². The lowest BCUT2D eigenvalue weighted by atomic mass is 9.86. The van der Waals surface area contributed by atoms with Crippen molar-refractivity contribution in [2.45, 2.75) is 65.2 Å². The molecule has 2 amide bonds. The predicted octanol–water partition coefficient (Wildman–Crippen LogP) is 3.75. The molecule has 0 aliphatic carbocycles. The standard InChI is InChI=1S/C25H34N4O3/c1-16-14-29(15-17(2)32-16)22-12-11-21(13-26-22)28-23(30)18(3)27-24(31)19-7-9-20(10-8-19)25(4,5)6/h7-13,16-18H,14-15H2,1-6H3,(H,27,31)(H,28,30). The highest BCUT2D eigenvalue weighted by Gasteiger charge is 2.23. The van der Waals surface area contributed by atoms with E-state index in [-0.39, 0.29) is 29.4 Å². The molecule has 1 aromatic carbocycles. The van der Waals surface area contributed by atoms with Gasteiger partial charge in [0.05, 0.1) is 24.1 Å². The summed E-state index contributed by atoms with van der Waals surface area (Å²) in [6, 6.07) is 10.5. The Morgan fingerprint density at radius 3 is 2.22 bits per heavy atom. The first-order valence-electron chi connectivity index (χ1n) is 11.1. The van der Waals surface area contributed by atoms with Gasteiger partial charge in [0.15, 0.2) is 0 Å². The summed E-state index contributed by atoms with van der Waals surface area (Å²) in [5.41, 5.74) is 2.28. The molecule has 1 fully saturated rings. The molecule has 0 saturated carbocycles. The zero-order chi connectivity index (χ0) is 23.5. The third kappa shape index (κ3) is 6.07. The third-order valence-corrected chi connectivity index (χ3v) is 5.51. The number of amides is 2. The number of carbonyl (C=O) groups is 2. The van der Waals surface area contributed by atoms with Crippen molar-refractivity contribution in [3.63, 3.8) is 0 Å². The monoisotopic (exact) mass is 438 g/mol. The number of nitrogens with one attached hydrogen (secondary N) is 2. The van der Waals surface area contributed by atoms with Crippen LogP contribution in [0.1, 0.15) is 57.5 Å². The number of carbonyl (C=O) groups excluding carboxylic acids is 2. The highest BCUT2D eigenvalue weighted by Crippen LogP contribution is 2.22. The van der Waals surface area contributed by atoms with E-state index in [4.69, 9.17) is 4.74 Å². The number of nitrogens with zero attached hydrogens (tertiary/aromatic N) is 2. The largest absolute Gasteiger partial charge is 0.372 e. The zero-order valence-corrected chi connectivity index (χ0v) is 19.8. The second-order valence-electron chi connectivity index (χ2n) is 9.58. The van der Waals surface area contributed by atoms with Gasteiger partial charge < -0.3 is 20.3 Å². The molecule has 0 radical (unpaired) electrons. The molecule has 2 heterocycles. The molecule has 0 bridgehead atoms. The minimum Gasteiger partial charge on any atom is -0.372 e. The van der Waals surface area contributed by atoms with Crippen LogP contribution in [0.5, 0.6) is 0 Å². The summed E-state index contributed by atoms with van der Waals surface area (Å²) in [5, 5.41) is 5.57. The number of rotatable bonds is 5. The molecule has 1 aliphatic heterocycles. The van der Waals surface area contributed by atoms with Gasteiger partial charge in [0.1, 0.15) is 11.9 Å². The van der Waals surface area contributed by atoms with Crippen LogP contribution >= 0.6 is 0 Å². The Balaban J connectivity index is 1.55. The number of anilines is 2. The Morgan fingerprint density at radius 2 is 1.69 bits per heavy atom. The SMILES string of the molecule is CC1CN(c2ccc(NC(=O)C(C)NC(=O)c3ccc(C(C)(C)C)cc3)cn2)CC(C)O1. The van der Waals surface area contributed by atoms with Crippen LogP contribution in [0.2, 0.25) is 0 Å². The molecule has 3 rings (SSSR count). The molecule has 1 aromatic heterocycles. The highest BCUT2D eigenvalue weighted by molar-refractivity contribution is 6.00. The van der Waals surface area contributed by atoms with Crippen molar-refractivity contribution in [1.82, 2.24) is 10.3 Å². The number of hydrogen-bond acceptors (Lipinski definition) is 5. The maximum Gasteiger partial charge on any atom is 0.251 e. The summed E-state index contributed by atoms with van der Waals surface area (Å²) < 4.78 is 5.76. The highest BCUT2D eigenvalue weighted by atomic mass is 16.5. The molecule has 7 heteroatoms. The zero-order valence-electron chi connectivity index (χ0n) is 19.8. The minimum atomic E-state index is -0.689. The smallest absolute Gasteiger partial charge is 0.251 e. The normalized spacial score (nSPS) is 19.9. The fraction of sp³-hybridized carbons (Fsp3) is 0.480. The van der Waals surface area contributed by atoms with Gasteiger partial charge in [-0.25, -0.2) is 4.98 Å². The summed E-state index contributed by atoms with van der Waals surface area (Å²) in [6.45, 7) is 13.7. The van der Waals surface area contributed by atoms with Crippen molar-refractivity contribution in [3.8, 4) is 0 Å². The number of pyridine rings is 1. The molecular formula is C25H34N4O3. The van der Waals surface area contributed by atoms with E-state index in [2.05, 4.69) is 41.3 Å². The number of morpholine rings is 1. The van der Waals surface area contributed by atoms with Gasteiger partial charge in [-0.15, -0.1) is 0 Å². The second-order valence-corrected chi connectivity index (χ2v) is 9.58. The Morgan fingerprint density at radius 1 is 1.06 bits per heavy atom. The van der Waals surface area contributed by atoms with E-state index in [0.29, 0.717) is 11.3 Å². The molecule has 3 atom stereocenters. The molecular weight excluding hydrogens is 404 g/mol. The van der Waals surface area contributed by atoms with E-state index in [0.717, 1.165) is 24.5 Å². The van der Waals surface area contributed by atoms with Crippen molar-refractivity contribution in [1.29, 1.82) is 0 Å². The van der Waals surface area contributed by atoms with Gasteiger partial charge in [-0.2, -0.15) is 0 Å². The van der Waals surface area contributed by atoms with Crippen molar-refractivity contribution < 1.29 is 14.3 Å². The van der Waals surface area contributed by atoms with Crippen LogP contribution in [-0.4, -0.2) is 48.1 Å². The molecule has 2 aromatic rings. The lowest BCUT2D eigenvalue weighted by molar-refractivity contribution is -0.117. The molecule has 1 aliphatic rings. The van der Waals surface area contributed by atoms with Gasteiger partial charge in [-0.05, 0) is 56.0 Å². The van der Waals surface area contributed by atoms with Crippen molar-refractivity contribution in [2.75, 3.05) is 23.3 Å². The van der Waals surface area contributed by atoms with Crippen LogP contribution in [-0.2, 0) is 14.9 Å². The average Bonchev–Trinajstić information content (AvgIpc) is 2.73. The second kappa shape index (κ2) is 9.69. The van der Waals surface area contributed by atoms with Gasteiger partial charge in [0, 0.05) is 18.7 Å². The van der Waals surface area contributed by atoms with Gasteiger partial charge in [0.25, 0.3) is 5.91 Å². The van der Waals surface area contributed by atoms with Crippen molar-refractivity contribution >= 4 is 23.3 Å². The number of benzene rings is 1. The van der Waals surface area contributed by atoms with E-state index < -0.39 is 6.04 Å². The average molecular weight is 439 g/mol. The van der Waals surface area contributed by atoms with Gasteiger partial charge >= 0.3 is 0 Å². The van der Waals surface area contributed by atoms with Crippen molar-refractivity contribution in [2.24, 2.45) is 0 Å². The number of aromatic nitrogens is 1. The summed E-state index contributed by atoms with van der Waals surface area (Å²) >= 11 is 0. The van der Waals surface area contributed by atoms with Crippen LogP contribution in [0.3, 0.4) is 0 Å². The van der Waals surface area contributed by atoms with E-state index >= 15 is 0 Å². The fourth-order valence-corrected chi connectivity index (χ4v) is 3.73. The van der Waals surface area contributed by atoms with Crippen LogP contribution in [0.15, 0.2) is 42.6 Å². The molecule has 32 heavy (non-hydrogen) atoms. The van der Waals surface area contributed by atoms with Crippen LogP contribution < -0.4 is 15.5 Å². The lowest BCUT2D eigenvalue weighted by Crippen LogP contribution is -2.45. The van der Waals surface area contributed by atoms with Gasteiger partial charge in [0.2, 0.25) is 5.91 Å². The van der Waals surface area contributed by atoms with Crippen LogP contribution in [0.25, 0.3) is 0 Å². The molecule has 172 valence electrons. The quantitative estimate of drug-likeness (QED) is 0.743. The summed E-state index contributed by atoms with van der Waals surface area (Å²) in [7, 11) is 0. The first-order chi connectivity index (χ1) is 15.0. The minimum absolute atomic E-state index is 0.0179. The topological polar surface area (TPSA) is 83.6 Å². The molecule has 1 saturated heterocycles. The summed E-state index contributed by atoms with van der Waals surface area (Å²) in [6.07, 6.45) is 1.93. The Kier molecular flexibility index (Phi) is 7.19. The predicted molar refractivity (Wildman–Crippen MR) is 127 cm³/mol. The number of hydrogen-bond donors (Lipinski definition) is 2. The Bertz CT molecular complexity index is 925. The molecule has 3 unspecified atom stereocenters. The van der Waals surface area contributed by atoms with E-state index in [1.807, 2.05) is 38.1 Å². The van der Waals surface area contributed by atoms with Crippen LogP contribution in [0, 0.1) is 0 Å². The molecule has 2 N–H and O–H groups in total. The fourth-order valence-electron chi connectivity index (χ4n) is 3.73. The third-order valence-electron chi connectivity index (χ3n) is 5.51. The first-order valence-corrected chi connectivity index (χ1v) is 11.1. The Hall–Kier alpha value is -2.93. The van der Waals surface area contributed by atoms with E-state index in [1.165, 1.54) is 0 Å². The molecule has 7 nitrogen and oxygen atoms in total.